The van der Waals surface area contributed by atoms with E-state index in [1.54, 1.807) is 19.1 Å². The fourth-order valence-electron chi connectivity index (χ4n) is 2.72. The van der Waals surface area contributed by atoms with Gasteiger partial charge in [-0.05, 0) is 36.7 Å². The Hall–Kier alpha value is -2.61. The highest BCUT2D eigenvalue weighted by Crippen LogP contribution is 2.22. The molecule has 0 fully saturated rings. The molecular formula is C18H18ClF2N3O3. The number of urea groups is 1. The van der Waals surface area contributed by atoms with Gasteiger partial charge in [0, 0.05) is 24.6 Å². The highest BCUT2D eigenvalue weighted by atomic mass is 35.5. The van der Waals surface area contributed by atoms with E-state index in [0.29, 0.717) is 24.4 Å². The largest absolute Gasteiger partial charge is 0.443 e. The summed E-state index contributed by atoms with van der Waals surface area (Å²) in [5, 5.41) is 6.90. The molecule has 2 heterocycles. The van der Waals surface area contributed by atoms with Gasteiger partial charge in [-0.3, -0.25) is 0 Å². The molecule has 1 N–H and O–H groups in total. The Bertz CT molecular complexity index is 856. The van der Waals surface area contributed by atoms with Crippen LogP contribution in [0.1, 0.15) is 24.7 Å². The number of benzene rings is 1. The molecule has 1 atom stereocenters. The molecule has 2 amide bonds. The van der Waals surface area contributed by atoms with Crippen molar-refractivity contribution in [2.75, 3.05) is 13.1 Å². The van der Waals surface area contributed by atoms with Crippen LogP contribution < -0.4 is 5.32 Å². The van der Waals surface area contributed by atoms with Gasteiger partial charge in [-0.25, -0.2) is 13.6 Å². The molecule has 0 saturated heterocycles. The zero-order valence-corrected chi connectivity index (χ0v) is 15.3. The topological polar surface area (TPSA) is 67.1 Å². The number of rotatable bonds is 6. The van der Waals surface area contributed by atoms with Crippen LogP contribution in [0.4, 0.5) is 13.6 Å². The minimum atomic E-state index is -0.709. The molecule has 27 heavy (non-hydrogen) atoms. The van der Waals surface area contributed by atoms with Crippen molar-refractivity contribution < 1.29 is 22.8 Å². The summed E-state index contributed by atoms with van der Waals surface area (Å²) in [6.07, 6.45) is -0.0129. The maximum absolute atomic E-state index is 14.0. The van der Waals surface area contributed by atoms with Crippen LogP contribution in [0.5, 0.6) is 0 Å². The summed E-state index contributed by atoms with van der Waals surface area (Å²) < 4.78 is 32.4. The Morgan fingerprint density at radius 3 is 2.85 bits per heavy atom. The summed E-state index contributed by atoms with van der Waals surface area (Å²) in [5.74, 6) is -0.884. The predicted molar refractivity (Wildman–Crippen MR) is 95.6 cm³/mol. The summed E-state index contributed by atoms with van der Waals surface area (Å²) in [4.78, 5) is 19.1. The molecule has 0 saturated carbocycles. The van der Waals surface area contributed by atoms with Crippen molar-refractivity contribution in [3.05, 3.63) is 58.5 Å². The quantitative estimate of drug-likeness (QED) is 0.803. The molecule has 0 radical (unpaired) electrons. The third-order valence-corrected chi connectivity index (χ3v) is 4.21. The van der Waals surface area contributed by atoms with Crippen molar-refractivity contribution in [2.45, 2.75) is 26.0 Å². The second-order valence-electron chi connectivity index (χ2n) is 6.03. The van der Waals surface area contributed by atoms with E-state index < -0.39 is 17.7 Å². The van der Waals surface area contributed by atoms with Gasteiger partial charge in [-0.15, -0.1) is 0 Å². The molecule has 144 valence electrons. The standard InChI is InChI=1S/C18H18ClF2N3O3/c1-2-22-18(25)24(9-11-3-4-12(20)7-14(11)21)10-13-8-15(23-27-13)16-5-6-17(19)26-16/h3-7,13H,2,8-10H2,1H3,(H,22,25)/t13-/m1/s1. The van der Waals surface area contributed by atoms with Gasteiger partial charge in [0.25, 0.3) is 0 Å². The van der Waals surface area contributed by atoms with E-state index in [0.717, 1.165) is 12.1 Å². The lowest BCUT2D eigenvalue weighted by atomic mass is 10.1. The van der Waals surface area contributed by atoms with Gasteiger partial charge in [0.1, 0.15) is 17.3 Å². The third kappa shape index (κ3) is 4.77. The molecule has 0 bridgehead atoms. The smallest absolute Gasteiger partial charge is 0.317 e. The number of hydrogen-bond acceptors (Lipinski definition) is 4. The molecule has 6 nitrogen and oxygen atoms in total. The van der Waals surface area contributed by atoms with Crippen LogP contribution in [-0.2, 0) is 11.4 Å². The van der Waals surface area contributed by atoms with Crippen LogP contribution in [0.2, 0.25) is 5.22 Å². The van der Waals surface area contributed by atoms with E-state index in [4.69, 9.17) is 20.9 Å². The Kier molecular flexibility index (Phi) is 5.95. The molecule has 9 heteroatoms. The van der Waals surface area contributed by atoms with Crippen molar-refractivity contribution in [1.29, 1.82) is 0 Å². The second kappa shape index (κ2) is 8.39. The fraction of sp³-hybridized carbons (Fsp3) is 0.333. The van der Waals surface area contributed by atoms with Gasteiger partial charge < -0.3 is 19.5 Å². The summed E-state index contributed by atoms with van der Waals surface area (Å²) in [7, 11) is 0. The van der Waals surface area contributed by atoms with Crippen molar-refractivity contribution in [2.24, 2.45) is 5.16 Å². The number of carbonyl (C=O) groups is 1. The summed E-state index contributed by atoms with van der Waals surface area (Å²) in [6.45, 7) is 2.34. The van der Waals surface area contributed by atoms with Crippen molar-refractivity contribution >= 4 is 23.3 Å². The molecule has 0 spiro atoms. The highest BCUT2D eigenvalue weighted by molar-refractivity contribution is 6.29. The zero-order chi connectivity index (χ0) is 19.4. The van der Waals surface area contributed by atoms with E-state index in [9.17, 15) is 13.6 Å². The first kappa shape index (κ1) is 19.2. The van der Waals surface area contributed by atoms with Crippen LogP contribution in [-0.4, -0.2) is 35.8 Å². The van der Waals surface area contributed by atoms with Gasteiger partial charge in [-0.2, -0.15) is 0 Å². The van der Waals surface area contributed by atoms with Crippen LogP contribution >= 0.6 is 11.6 Å². The Balaban J connectivity index is 1.68. The summed E-state index contributed by atoms with van der Waals surface area (Å²) in [6, 6.07) is 6.17. The van der Waals surface area contributed by atoms with Crippen molar-refractivity contribution in [3.63, 3.8) is 0 Å². The predicted octanol–water partition coefficient (Wildman–Crippen LogP) is 3.94. The number of nitrogens with zero attached hydrogens (tertiary/aromatic N) is 2. The number of nitrogens with one attached hydrogen (secondary N) is 1. The minimum absolute atomic E-state index is 0.0281. The fourth-order valence-corrected chi connectivity index (χ4v) is 2.87. The first-order valence-electron chi connectivity index (χ1n) is 8.41. The van der Waals surface area contributed by atoms with Gasteiger partial charge >= 0.3 is 6.03 Å². The zero-order valence-electron chi connectivity index (χ0n) is 14.5. The van der Waals surface area contributed by atoms with E-state index in [1.165, 1.54) is 11.0 Å². The average molecular weight is 398 g/mol. The lowest BCUT2D eigenvalue weighted by Gasteiger charge is -2.25. The molecule has 1 aliphatic rings. The van der Waals surface area contributed by atoms with Gasteiger partial charge in [-0.1, -0.05) is 11.2 Å². The minimum Gasteiger partial charge on any atom is -0.443 e. The van der Waals surface area contributed by atoms with E-state index >= 15 is 0 Å². The van der Waals surface area contributed by atoms with E-state index in [1.807, 2.05) is 0 Å². The van der Waals surface area contributed by atoms with Crippen molar-refractivity contribution in [1.82, 2.24) is 10.2 Å². The Morgan fingerprint density at radius 1 is 1.37 bits per heavy atom. The molecular weight excluding hydrogens is 380 g/mol. The summed E-state index contributed by atoms with van der Waals surface area (Å²) in [5.41, 5.74) is 0.787. The van der Waals surface area contributed by atoms with Crippen LogP contribution in [0, 0.1) is 11.6 Å². The number of carbonyl (C=O) groups excluding carboxylic acids is 1. The second-order valence-corrected chi connectivity index (χ2v) is 6.40. The van der Waals surface area contributed by atoms with Crippen LogP contribution in [0.15, 0.2) is 39.9 Å². The lowest BCUT2D eigenvalue weighted by molar-refractivity contribution is 0.0588. The molecule has 1 aromatic carbocycles. The number of halogens is 3. The van der Waals surface area contributed by atoms with Gasteiger partial charge in [0.05, 0.1) is 13.1 Å². The molecule has 0 unspecified atom stereocenters. The lowest BCUT2D eigenvalue weighted by Crippen LogP contribution is -2.43. The molecule has 3 rings (SSSR count). The van der Waals surface area contributed by atoms with Crippen molar-refractivity contribution in [3.8, 4) is 0 Å². The molecule has 1 aliphatic heterocycles. The molecule has 0 aliphatic carbocycles. The number of hydrogen-bond donors (Lipinski definition) is 1. The van der Waals surface area contributed by atoms with E-state index in [-0.39, 0.29) is 29.9 Å². The molecule has 1 aromatic heterocycles. The maximum Gasteiger partial charge on any atom is 0.317 e. The maximum atomic E-state index is 14.0. The van der Waals surface area contributed by atoms with Crippen LogP contribution in [0.25, 0.3) is 0 Å². The summed E-state index contributed by atoms with van der Waals surface area (Å²) >= 11 is 5.77. The van der Waals surface area contributed by atoms with Gasteiger partial charge in [0.15, 0.2) is 17.1 Å². The third-order valence-electron chi connectivity index (χ3n) is 4.01. The number of furan rings is 1. The van der Waals surface area contributed by atoms with E-state index in [2.05, 4.69) is 10.5 Å². The highest BCUT2D eigenvalue weighted by Gasteiger charge is 2.28. The Labute approximate surface area is 159 Å². The average Bonchev–Trinajstić information content (AvgIpc) is 3.25. The molecule has 2 aromatic rings. The van der Waals surface area contributed by atoms with Gasteiger partial charge in [0.2, 0.25) is 0 Å². The van der Waals surface area contributed by atoms with Crippen LogP contribution in [0.3, 0.4) is 0 Å². The number of oxime groups is 1. The normalized spacial score (nSPS) is 16.0. The Morgan fingerprint density at radius 2 is 2.19 bits per heavy atom. The number of amides is 2. The monoisotopic (exact) mass is 397 g/mol. The first-order valence-corrected chi connectivity index (χ1v) is 8.79. The SMILES string of the molecule is CCNC(=O)N(Cc1ccc(F)cc1F)C[C@H]1CC(c2ccc(Cl)o2)=NO1. The first-order chi connectivity index (χ1) is 13.0.